The molecule has 1 amide bonds. The molecule has 5 nitrogen and oxygen atoms in total. The summed E-state index contributed by atoms with van der Waals surface area (Å²) in [6.07, 6.45) is 2.30. The Morgan fingerprint density at radius 2 is 2.04 bits per heavy atom. The van der Waals surface area contributed by atoms with Gasteiger partial charge in [-0.25, -0.2) is 12.7 Å². The van der Waals surface area contributed by atoms with E-state index in [0.717, 1.165) is 12.8 Å². The van der Waals surface area contributed by atoms with Gasteiger partial charge in [0.1, 0.15) is 0 Å². The van der Waals surface area contributed by atoms with Gasteiger partial charge in [-0.15, -0.1) is 0 Å². The van der Waals surface area contributed by atoms with Gasteiger partial charge in [-0.1, -0.05) is 30.7 Å². The van der Waals surface area contributed by atoms with Crippen molar-refractivity contribution in [3.8, 4) is 0 Å². The van der Waals surface area contributed by atoms with Gasteiger partial charge in [-0.3, -0.25) is 4.79 Å². The molecule has 1 aliphatic rings. The molecule has 2 unspecified atom stereocenters. The smallest absolute Gasteiger partial charge is 0.224 e. The summed E-state index contributed by atoms with van der Waals surface area (Å²) in [5.41, 5.74) is 0.700. The third-order valence-corrected chi connectivity index (χ3v) is 6.48. The minimum Gasteiger partial charge on any atom is -0.353 e. The molecule has 1 N–H and O–H groups in total. The lowest BCUT2D eigenvalue weighted by Gasteiger charge is -2.31. The highest BCUT2D eigenvalue weighted by Crippen LogP contribution is 2.22. The fraction of sp³-hybridized carbons (Fsp3) is 0.588. The van der Waals surface area contributed by atoms with Crippen molar-refractivity contribution in [1.29, 1.82) is 0 Å². The van der Waals surface area contributed by atoms with Gasteiger partial charge < -0.3 is 5.32 Å². The van der Waals surface area contributed by atoms with E-state index in [0.29, 0.717) is 23.6 Å². The first-order chi connectivity index (χ1) is 11.3. The molecule has 1 fully saturated rings. The van der Waals surface area contributed by atoms with Crippen LogP contribution in [0.25, 0.3) is 0 Å². The van der Waals surface area contributed by atoms with E-state index >= 15 is 0 Å². The van der Waals surface area contributed by atoms with Crippen LogP contribution in [0.5, 0.6) is 0 Å². The van der Waals surface area contributed by atoms with Crippen molar-refractivity contribution in [3.05, 3.63) is 34.9 Å². The summed E-state index contributed by atoms with van der Waals surface area (Å²) in [7, 11) is -3.44. The fourth-order valence-corrected chi connectivity index (χ4v) is 4.49. The van der Waals surface area contributed by atoms with Crippen LogP contribution in [-0.4, -0.2) is 37.8 Å². The zero-order valence-corrected chi connectivity index (χ0v) is 15.7. The summed E-state index contributed by atoms with van der Waals surface area (Å²) in [5.74, 6) is -0.382. The van der Waals surface area contributed by atoms with Crippen LogP contribution in [0.3, 0.4) is 0 Å². The lowest BCUT2D eigenvalue weighted by molar-refractivity contribution is -0.126. The summed E-state index contributed by atoms with van der Waals surface area (Å²) in [6, 6.07) is 6.92. The number of benzene rings is 1. The van der Waals surface area contributed by atoms with E-state index in [1.54, 1.807) is 24.3 Å². The molecule has 1 saturated heterocycles. The maximum Gasteiger partial charge on any atom is 0.224 e. The molecule has 24 heavy (non-hydrogen) atoms. The highest BCUT2D eigenvalue weighted by molar-refractivity contribution is 7.88. The molecule has 0 aromatic heterocycles. The molecule has 0 spiro atoms. The van der Waals surface area contributed by atoms with Gasteiger partial charge in [0, 0.05) is 24.2 Å². The molecule has 0 bridgehead atoms. The third kappa shape index (κ3) is 5.19. The number of amides is 1. The van der Waals surface area contributed by atoms with Gasteiger partial charge in [0.25, 0.3) is 0 Å². The Bertz CT molecular complexity index is 661. The standard InChI is InChI=1S/C17H25ClN2O3S/c1-3-13(2)19-17(21)15-5-4-10-20(11-15)24(22,23)12-14-6-8-16(18)9-7-14/h6-9,13,15H,3-5,10-12H2,1-2H3,(H,19,21). The Kier molecular flexibility index (Phi) is 6.66. The minimum atomic E-state index is -3.44. The summed E-state index contributed by atoms with van der Waals surface area (Å²) >= 11 is 5.83. The van der Waals surface area contributed by atoms with E-state index in [1.807, 2.05) is 13.8 Å². The van der Waals surface area contributed by atoms with E-state index in [4.69, 9.17) is 11.6 Å². The summed E-state index contributed by atoms with van der Waals surface area (Å²) in [5, 5.41) is 3.53. The molecule has 2 rings (SSSR count). The first-order valence-corrected chi connectivity index (χ1v) is 10.3. The van der Waals surface area contributed by atoms with Crippen molar-refractivity contribution >= 4 is 27.5 Å². The Morgan fingerprint density at radius 3 is 2.67 bits per heavy atom. The maximum absolute atomic E-state index is 12.6. The second-order valence-electron chi connectivity index (χ2n) is 6.40. The van der Waals surface area contributed by atoms with Crippen molar-refractivity contribution in [2.45, 2.75) is 44.9 Å². The lowest BCUT2D eigenvalue weighted by atomic mass is 9.98. The molecule has 0 saturated carbocycles. The zero-order valence-electron chi connectivity index (χ0n) is 14.2. The second kappa shape index (κ2) is 8.32. The first-order valence-electron chi connectivity index (χ1n) is 8.34. The molecule has 1 heterocycles. The van der Waals surface area contributed by atoms with Crippen LogP contribution in [0, 0.1) is 5.92 Å². The van der Waals surface area contributed by atoms with Crippen molar-refractivity contribution in [1.82, 2.24) is 9.62 Å². The zero-order chi connectivity index (χ0) is 17.7. The van der Waals surface area contributed by atoms with Gasteiger partial charge in [0.2, 0.25) is 15.9 Å². The molecule has 1 aromatic rings. The van der Waals surface area contributed by atoms with Crippen molar-refractivity contribution < 1.29 is 13.2 Å². The lowest BCUT2D eigenvalue weighted by Crippen LogP contribution is -2.47. The minimum absolute atomic E-state index is 0.0456. The monoisotopic (exact) mass is 372 g/mol. The summed E-state index contributed by atoms with van der Waals surface area (Å²) in [6.45, 7) is 4.70. The number of rotatable bonds is 6. The largest absolute Gasteiger partial charge is 0.353 e. The molecule has 1 aromatic carbocycles. The van der Waals surface area contributed by atoms with Crippen LogP contribution in [0.4, 0.5) is 0 Å². The predicted molar refractivity (Wildman–Crippen MR) is 96.3 cm³/mol. The van der Waals surface area contributed by atoms with Gasteiger partial charge in [-0.05, 0) is 43.9 Å². The van der Waals surface area contributed by atoms with E-state index < -0.39 is 10.0 Å². The Balaban J connectivity index is 2.02. The number of halogens is 1. The fourth-order valence-electron chi connectivity index (χ4n) is 2.75. The molecular formula is C17H25ClN2O3S. The van der Waals surface area contributed by atoms with Crippen LogP contribution in [-0.2, 0) is 20.6 Å². The second-order valence-corrected chi connectivity index (χ2v) is 8.80. The number of hydrogen-bond donors (Lipinski definition) is 1. The topological polar surface area (TPSA) is 66.5 Å². The third-order valence-electron chi connectivity index (χ3n) is 4.41. The van der Waals surface area contributed by atoms with Crippen molar-refractivity contribution in [3.63, 3.8) is 0 Å². The van der Waals surface area contributed by atoms with E-state index in [1.165, 1.54) is 4.31 Å². The molecule has 1 aliphatic heterocycles. The van der Waals surface area contributed by atoms with E-state index in [-0.39, 0.29) is 30.2 Å². The highest BCUT2D eigenvalue weighted by atomic mass is 35.5. The molecular weight excluding hydrogens is 348 g/mol. The van der Waals surface area contributed by atoms with E-state index in [2.05, 4.69) is 5.32 Å². The quantitative estimate of drug-likeness (QED) is 0.834. The number of nitrogens with one attached hydrogen (secondary N) is 1. The van der Waals surface area contributed by atoms with Crippen LogP contribution in [0.1, 0.15) is 38.7 Å². The average molecular weight is 373 g/mol. The molecule has 7 heteroatoms. The predicted octanol–water partition coefficient (Wildman–Crippen LogP) is 2.80. The highest BCUT2D eigenvalue weighted by Gasteiger charge is 2.32. The van der Waals surface area contributed by atoms with Gasteiger partial charge in [0.05, 0.1) is 11.7 Å². The van der Waals surface area contributed by atoms with Crippen LogP contribution in [0.15, 0.2) is 24.3 Å². The number of nitrogens with zero attached hydrogens (tertiary/aromatic N) is 1. The Morgan fingerprint density at radius 1 is 1.38 bits per heavy atom. The number of carbonyl (C=O) groups is 1. The first kappa shape index (κ1) is 19.2. The number of piperidine rings is 1. The number of hydrogen-bond acceptors (Lipinski definition) is 3. The van der Waals surface area contributed by atoms with Crippen molar-refractivity contribution in [2.24, 2.45) is 5.92 Å². The Labute approximate surface area is 149 Å². The molecule has 0 aliphatic carbocycles. The van der Waals surface area contributed by atoms with Crippen LogP contribution < -0.4 is 5.32 Å². The van der Waals surface area contributed by atoms with Gasteiger partial charge in [0.15, 0.2) is 0 Å². The number of carbonyl (C=O) groups excluding carboxylic acids is 1. The summed E-state index contributed by atoms with van der Waals surface area (Å²) in [4.78, 5) is 12.3. The Hall–Kier alpha value is -1.11. The van der Waals surface area contributed by atoms with E-state index in [9.17, 15) is 13.2 Å². The van der Waals surface area contributed by atoms with Crippen LogP contribution >= 0.6 is 11.6 Å². The molecule has 134 valence electrons. The maximum atomic E-state index is 12.6. The average Bonchev–Trinajstić information content (AvgIpc) is 2.56. The molecule has 0 radical (unpaired) electrons. The molecule has 2 atom stereocenters. The SMILES string of the molecule is CCC(C)NC(=O)C1CCCN(S(=O)(=O)Cc2ccc(Cl)cc2)C1. The van der Waals surface area contributed by atoms with Crippen LogP contribution in [0.2, 0.25) is 5.02 Å². The van der Waals surface area contributed by atoms with Crippen molar-refractivity contribution in [2.75, 3.05) is 13.1 Å². The van der Waals surface area contributed by atoms with Gasteiger partial charge in [-0.2, -0.15) is 0 Å². The normalized spacial score (nSPS) is 20.5. The van der Waals surface area contributed by atoms with Gasteiger partial charge >= 0.3 is 0 Å². The number of sulfonamides is 1. The summed E-state index contributed by atoms with van der Waals surface area (Å²) < 4.78 is 26.7.